The van der Waals surface area contributed by atoms with Crippen LogP contribution >= 0.6 is 11.3 Å². The van der Waals surface area contributed by atoms with Gasteiger partial charge in [-0.2, -0.15) is 0 Å². The lowest BCUT2D eigenvalue weighted by molar-refractivity contribution is 0.0982. The van der Waals surface area contributed by atoms with Gasteiger partial charge in [-0.1, -0.05) is 12.1 Å². The average Bonchev–Trinajstić information content (AvgIpc) is 2.88. The van der Waals surface area contributed by atoms with E-state index in [9.17, 15) is 4.79 Å². The summed E-state index contributed by atoms with van der Waals surface area (Å²) in [5.41, 5.74) is 1.53. The third kappa shape index (κ3) is 2.76. The average molecular weight is 250 g/mol. The lowest BCUT2D eigenvalue weighted by atomic mass is 10.2. The molecule has 0 amide bonds. The van der Waals surface area contributed by atoms with Gasteiger partial charge in [0.15, 0.2) is 5.78 Å². The van der Waals surface area contributed by atoms with Crippen molar-refractivity contribution < 1.29 is 4.79 Å². The fourth-order valence-corrected chi connectivity index (χ4v) is 2.33. The highest BCUT2D eigenvalue weighted by Crippen LogP contribution is 2.12. The fourth-order valence-electron chi connectivity index (χ4n) is 1.56. The molecule has 2 aromatic rings. The van der Waals surface area contributed by atoms with Gasteiger partial charge in [0.1, 0.15) is 10.7 Å². The van der Waals surface area contributed by atoms with E-state index in [1.165, 1.54) is 17.5 Å². The maximum atomic E-state index is 12.0. The zero-order chi connectivity index (χ0) is 12.3. The molecule has 0 fully saturated rings. The first-order chi connectivity index (χ1) is 8.20. The zero-order valence-corrected chi connectivity index (χ0v) is 10.7. The molecule has 0 aliphatic carbocycles. The van der Waals surface area contributed by atoms with E-state index in [0.29, 0.717) is 12.1 Å². The number of carbonyl (C=O) groups excluding carboxylic acids is 1. The molecule has 5 nitrogen and oxygen atoms in total. The number of rotatable bonds is 5. The standard InChI is InChI=1S/C11H14N4OS/c1-3-4-15-9(6-12-14-15)10(16)5-11-13-8(2)7-17-11/h6-7H,3-5H2,1-2H3. The van der Waals surface area contributed by atoms with Crippen molar-refractivity contribution in [3.8, 4) is 0 Å². The van der Waals surface area contributed by atoms with Gasteiger partial charge in [-0.05, 0) is 13.3 Å². The maximum Gasteiger partial charge on any atom is 0.189 e. The van der Waals surface area contributed by atoms with E-state index in [4.69, 9.17) is 0 Å². The smallest absolute Gasteiger partial charge is 0.189 e. The summed E-state index contributed by atoms with van der Waals surface area (Å²) in [5.74, 6) is 0.0257. The minimum Gasteiger partial charge on any atom is -0.292 e. The van der Waals surface area contributed by atoms with Gasteiger partial charge in [-0.15, -0.1) is 16.4 Å². The van der Waals surface area contributed by atoms with E-state index in [1.807, 2.05) is 19.2 Å². The van der Waals surface area contributed by atoms with Gasteiger partial charge in [0.25, 0.3) is 0 Å². The minimum atomic E-state index is 0.0257. The molecule has 0 aliphatic rings. The fraction of sp³-hybridized carbons (Fsp3) is 0.455. The van der Waals surface area contributed by atoms with Gasteiger partial charge in [0.2, 0.25) is 0 Å². The Morgan fingerprint density at radius 2 is 2.35 bits per heavy atom. The molecule has 90 valence electrons. The quantitative estimate of drug-likeness (QED) is 0.760. The minimum absolute atomic E-state index is 0.0257. The van der Waals surface area contributed by atoms with Crippen molar-refractivity contribution in [1.82, 2.24) is 20.0 Å². The Kier molecular flexibility index (Phi) is 3.63. The summed E-state index contributed by atoms with van der Waals surface area (Å²) >= 11 is 1.51. The number of aromatic nitrogens is 4. The van der Waals surface area contributed by atoms with Crippen LogP contribution in [0.4, 0.5) is 0 Å². The Balaban J connectivity index is 2.11. The molecule has 0 aromatic carbocycles. The Morgan fingerprint density at radius 1 is 1.53 bits per heavy atom. The van der Waals surface area contributed by atoms with E-state index >= 15 is 0 Å². The van der Waals surface area contributed by atoms with Crippen LogP contribution < -0.4 is 0 Å². The predicted octanol–water partition coefficient (Wildman–Crippen LogP) is 1.88. The first-order valence-corrected chi connectivity index (χ1v) is 6.41. The van der Waals surface area contributed by atoms with Gasteiger partial charge in [0.05, 0.1) is 12.6 Å². The predicted molar refractivity (Wildman–Crippen MR) is 65.2 cm³/mol. The second kappa shape index (κ2) is 5.18. The number of carbonyl (C=O) groups is 1. The second-order valence-electron chi connectivity index (χ2n) is 3.82. The SMILES string of the molecule is CCCn1nncc1C(=O)Cc1nc(C)cs1. The molecule has 6 heteroatoms. The van der Waals surface area contributed by atoms with Crippen molar-refractivity contribution in [2.24, 2.45) is 0 Å². The number of aryl methyl sites for hydroxylation is 2. The van der Waals surface area contributed by atoms with Crippen LogP contribution in [-0.2, 0) is 13.0 Å². The summed E-state index contributed by atoms with van der Waals surface area (Å²) in [5, 5.41) is 10.5. The van der Waals surface area contributed by atoms with Gasteiger partial charge < -0.3 is 0 Å². The van der Waals surface area contributed by atoms with Crippen LogP contribution in [0.3, 0.4) is 0 Å². The highest BCUT2D eigenvalue weighted by atomic mass is 32.1. The summed E-state index contributed by atoms with van der Waals surface area (Å²) in [6.07, 6.45) is 2.79. The van der Waals surface area contributed by atoms with E-state index in [-0.39, 0.29) is 5.78 Å². The molecule has 0 unspecified atom stereocenters. The van der Waals surface area contributed by atoms with E-state index in [0.717, 1.165) is 23.7 Å². The summed E-state index contributed by atoms with van der Waals surface area (Å²) in [4.78, 5) is 16.3. The van der Waals surface area contributed by atoms with Crippen LogP contribution in [0.25, 0.3) is 0 Å². The molecule has 17 heavy (non-hydrogen) atoms. The largest absolute Gasteiger partial charge is 0.292 e. The Hall–Kier alpha value is -1.56. The number of hydrogen-bond donors (Lipinski definition) is 0. The molecule has 0 aliphatic heterocycles. The van der Waals surface area contributed by atoms with Gasteiger partial charge in [0, 0.05) is 17.6 Å². The van der Waals surface area contributed by atoms with Gasteiger partial charge >= 0.3 is 0 Å². The molecule has 0 radical (unpaired) electrons. The number of thiazole rings is 1. The van der Waals surface area contributed by atoms with E-state index in [1.54, 1.807) is 4.68 Å². The molecule has 2 aromatic heterocycles. The lowest BCUT2D eigenvalue weighted by Gasteiger charge is -2.02. The molecule has 0 saturated carbocycles. The van der Waals surface area contributed by atoms with Crippen LogP contribution in [0.1, 0.15) is 34.5 Å². The van der Waals surface area contributed by atoms with E-state index < -0.39 is 0 Å². The molecule has 0 N–H and O–H groups in total. The molecule has 0 bridgehead atoms. The van der Waals surface area contributed by atoms with E-state index in [2.05, 4.69) is 15.3 Å². The molecule has 0 atom stereocenters. The van der Waals surface area contributed by atoms with Crippen molar-refractivity contribution in [3.05, 3.63) is 28.0 Å². The van der Waals surface area contributed by atoms with Crippen molar-refractivity contribution in [2.45, 2.75) is 33.2 Å². The van der Waals surface area contributed by atoms with Crippen LogP contribution in [-0.4, -0.2) is 25.8 Å². The summed E-state index contributed by atoms with van der Waals surface area (Å²) in [7, 11) is 0. The number of ketones is 1. The third-order valence-corrected chi connectivity index (χ3v) is 3.28. The molecule has 0 saturated heterocycles. The van der Waals surface area contributed by atoms with Gasteiger partial charge in [-0.25, -0.2) is 9.67 Å². The molecule has 2 heterocycles. The Labute approximate surface area is 103 Å². The topological polar surface area (TPSA) is 60.7 Å². The van der Waals surface area contributed by atoms with Crippen molar-refractivity contribution in [1.29, 1.82) is 0 Å². The van der Waals surface area contributed by atoms with Crippen LogP contribution in [0, 0.1) is 6.92 Å². The number of hydrogen-bond acceptors (Lipinski definition) is 5. The first kappa shape index (κ1) is 11.9. The molecule has 2 rings (SSSR count). The highest BCUT2D eigenvalue weighted by Gasteiger charge is 2.14. The molecular weight excluding hydrogens is 236 g/mol. The van der Waals surface area contributed by atoms with Crippen LogP contribution in [0.2, 0.25) is 0 Å². The summed E-state index contributed by atoms with van der Waals surface area (Å²) in [6.45, 7) is 4.69. The van der Waals surface area contributed by atoms with Crippen LogP contribution in [0.5, 0.6) is 0 Å². The number of Topliss-reactive ketones (excluding diaryl/α,β-unsaturated/α-hetero) is 1. The third-order valence-electron chi connectivity index (χ3n) is 2.32. The van der Waals surface area contributed by atoms with Crippen molar-refractivity contribution in [2.75, 3.05) is 0 Å². The first-order valence-electron chi connectivity index (χ1n) is 5.53. The maximum absolute atomic E-state index is 12.0. The lowest BCUT2D eigenvalue weighted by Crippen LogP contribution is -2.12. The summed E-state index contributed by atoms with van der Waals surface area (Å²) < 4.78 is 1.66. The zero-order valence-electron chi connectivity index (χ0n) is 9.88. The normalized spacial score (nSPS) is 10.7. The highest BCUT2D eigenvalue weighted by molar-refractivity contribution is 7.09. The van der Waals surface area contributed by atoms with Crippen molar-refractivity contribution in [3.63, 3.8) is 0 Å². The Morgan fingerprint density at radius 3 is 3.00 bits per heavy atom. The molecule has 0 spiro atoms. The summed E-state index contributed by atoms with van der Waals surface area (Å²) in [6, 6.07) is 0. The monoisotopic (exact) mass is 250 g/mol. The van der Waals surface area contributed by atoms with Crippen LogP contribution in [0.15, 0.2) is 11.6 Å². The second-order valence-corrected chi connectivity index (χ2v) is 4.77. The Bertz CT molecular complexity index is 517. The number of nitrogens with zero attached hydrogens (tertiary/aromatic N) is 4. The molecular formula is C11H14N4OS. The van der Waals surface area contributed by atoms with Crippen molar-refractivity contribution >= 4 is 17.1 Å². The van der Waals surface area contributed by atoms with Gasteiger partial charge in [-0.3, -0.25) is 4.79 Å².